The highest BCUT2D eigenvalue weighted by molar-refractivity contribution is 9.10. The summed E-state index contributed by atoms with van der Waals surface area (Å²) in [5, 5.41) is 0.451. The highest BCUT2D eigenvalue weighted by atomic mass is 79.9. The van der Waals surface area contributed by atoms with Crippen molar-refractivity contribution in [3.63, 3.8) is 0 Å². The summed E-state index contributed by atoms with van der Waals surface area (Å²) in [5.41, 5.74) is 6.08. The third-order valence-electron chi connectivity index (χ3n) is 2.73. The zero-order chi connectivity index (χ0) is 13.9. The molecule has 19 heavy (non-hydrogen) atoms. The number of nitrogens with zero attached hydrogens (tertiary/aromatic N) is 1. The lowest BCUT2D eigenvalue weighted by molar-refractivity contribution is 0.0740. The number of hydrogen-bond acceptors (Lipinski definition) is 2. The van der Waals surface area contributed by atoms with Gasteiger partial charge in [-0.05, 0) is 30.2 Å². The highest BCUT2D eigenvalue weighted by Gasteiger charge is 2.23. The van der Waals surface area contributed by atoms with Crippen LogP contribution in [0.3, 0.4) is 0 Å². The van der Waals surface area contributed by atoms with Crippen LogP contribution in [0.5, 0.6) is 0 Å². The molecule has 2 N–H and O–H groups in total. The molecule has 0 heterocycles. The van der Waals surface area contributed by atoms with Gasteiger partial charge in [-0.15, -0.1) is 12.4 Å². The minimum atomic E-state index is -0.105. The van der Waals surface area contributed by atoms with Gasteiger partial charge in [-0.2, -0.15) is 0 Å². The lowest BCUT2D eigenvalue weighted by Gasteiger charge is -2.29. The molecule has 0 spiro atoms. The molecule has 0 aliphatic heterocycles. The third-order valence-corrected chi connectivity index (χ3v) is 3.53. The van der Waals surface area contributed by atoms with Crippen LogP contribution in [0.25, 0.3) is 0 Å². The second kappa shape index (κ2) is 7.48. The van der Waals surface area contributed by atoms with Crippen LogP contribution in [-0.2, 0) is 0 Å². The van der Waals surface area contributed by atoms with Crippen molar-refractivity contribution in [3.05, 3.63) is 33.3 Å². The quantitative estimate of drug-likeness (QED) is 0.881. The molecule has 0 aliphatic rings. The third kappa shape index (κ3) is 5.30. The van der Waals surface area contributed by atoms with Gasteiger partial charge in [0.15, 0.2) is 0 Å². The number of carbonyl (C=O) groups excluding carboxylic acids is 1. The van der Waals surface area contributed by atoms with Crippen LogP contribution in [-0.4, -0.2) is 30.9 Å². The number of halogens is 3. The van der Waals surface area contributed by atoms with Crippen LogP contribution < -0.4 is 5.73 Å². The summed E-state index contributed by atoms with van der Waals surface area (Å²) in [6.07, 6.45) is 0. The zero-order valence-electron chi connectivity index (χ0n) is 11.2. The summed E-state index contributed by atoms with van der Waals surface area (Å²) >= 11 is 9.39. The Bertz CT molecular complexity index is 452. The highest BCUT2D eigenvalue weighted by Crippen LogP contribution is 2.23. The van der Waals surface area contributed by atoms with Crippen molar-refractivity contribution >= 4 is 45.8 Å². The molecular formula is C13H19BrCl2N2O. The van der Waals surface area contributed by atoms with Gasteiger partial charge < -0.3 is 10.6 Å². The predicted molar refractivity (Wildman–Crippen MR) is 86.2 cm³/mol. The minimum Gasteiger partial charge on any atom is -0.341 e. The summed E-state index contributed by atoms with van der Waals surface area (Å²) in [6.45, 7) is 5.17. The van der Waals surface area contributed by atoms with E-state index in [1.807, 2.05) is 13.8 Å². The Balaban J connectivity index is 0.00000324. The number of carbonyl (C=O) groups is 1. The van der Waals surface area contributed by atoms with E-state index in [1.165, 1.54) is 0 Å². The zero-order valence-corrected chi connectivity index (χ0v) is 14.4. The Morgan fingerprint density at radius 2 is 2.05 bits per heavy atom. The summed E-state index contributed by atoms with van der Waals surface area (Å²) in [6, 6.07) is 5.25. The van der Waals surface area contributed by atoms with E-state index in [-0.39, 0.29) is 23.7 Å². The molecule has 1 rings (SSSR count). The first-order valence-corrected chi connectivity index (χ1v) is 6.84. The number of hydrogen-bond donors (Lipinski definition) is 1. The average Bonchev–Trinajstić information content (AvgIpc) is 2.27. The molecule has 108 valence electrons. The van der Waals surface area contributed by atoms with Gasteiger partial charge >= 0.3 is 0 Å². The maximum atomic E-state index is 12.3. The molecule has 1 amide bonds. The number of nitrogens with two attached hydrogens (primary N) is 1. The monoisotopic (exact) mass is 368 g/mol. The molecule has 0 atom stereocenters. The van der Waals surface area contributed by atoms with Crippen LogP contribution in [0.1, 0.15) is 24.2 Å². The van der Waals surface area contributed by atoms with E-state index in [1.54, 1.807) is 30.1 Å². The molecule has 0 radical (unpaired) electrons. The maximum Gasteiger partial charge on any atom is 0.255 e. The van der Waals surface area contributed by atoms with E-state index in [0.29, 0.717) is 23.7 Å². The van der Waals surface area contributed by atoms with Crippen molar-refractivity contribution < 1.29 is 4.79 Å². The van der Waals surface area contributed by atoms with Gasteiger partial charge in [-0.1, -0.05) is 41.4 Å². The van der Waals surface area contributed by atoms with Crippen LogP contribution >= 0.6 is 39.9 Å². The molecular weight excluding hydrogens is 351 g/mol. The molecule has 1 aromatic rings. The van der Waals surface area contributed by atoms with E-state index < -0.39 is 0 Å². The summed E-state index contributed by atoms with van der Waals surface area (Å²) in [7, 11) is 1.76. The molecule has 0 aliphatic carbocycles. The molecule has 3 nitrogen and oxygen atoms in total. The SMILES string of the molecule is CN(CC(C)(C)CN)C(=O)c1ccc(Br)cc1Cl.Cl. The first-order chi connectivity index (χ1) is 8.26. The Kier molecular flexibility index (Phi) is 7.37. The van der Waals surface area contributed by atoms with Crippen molar-refractivity contribution in [2.45, 2.75) is 13.8 Å². The fourth-order valence-electron chi connectivity index (χ4n) is 1.65. The molecule has 0 saturated carbocycles. The first-order valence-electron chi connectivity index (χ1n) is 5.67. The maximum absolute atomic E-state index is 12.3. The van der Waals surface area contributed by atoms with Gasteiger partial charge in [0.25, 0.3) is 5.91 Å². The van der Waals surface area contributed by atoms with Gasteiger partial charge in [0.1, 0.15) is 0 Å². The van der Waals surface area contributed by atoms with Crippen LogP contribution in [0, 0.1) is 5.41 Å². The molecule has 0 unspecified atom stereocenters. The van der Waals surface area contributed by atoms with Crippen LogP contribution in [0.2, 0.25) is 5.02 Å². The predicted octanol–water partition coefficient (Wildman–Crippen LogP) is 3.58. The fourth-order valence-corrected chi connectivity index (χ4v) is 2.40. The Labute approximate surface area is 134 Å². The van der Waals surface area contributed by atoms with E-state index in [2.05, 4.69) is 15.9 Å². The van der Waals surface area contributed by atoms with Crippen molar-refractivity contribution in [2.24, 2.45) is 11.1 Å². The molecule has 0 fully saturated rings. The van der Waals surface area contributed by atoms with E-state index in [0.717, 1.165) is 4.47 Å². The summed E-state index contributed by atoms with van der Waals surface area (Å²) in [4.78, 5) is 13.9. The standard InChI is InChI=1S/C13H18BrClN2O.ClH/c1-13(2,7-16)8-17(3)12(18)10-5-4-9(14)6-11(10)15;/h4-6H,7-8,16H2,1-3H3;1H. The second-order valence-corrected chi connectivity index (χ2v) is 6.48. The van der Waals surface area contributed by atoms with Gasteiger partial charge in [-0.3, -0.25) is 4.79 Å². The van der Waals surface area contributed by atoms with Gasteiger partial charge in [-0.25, -0.2) is 0 Å². The lowest BCUT2D eigenvalue weighted by atomic mass is 9.93. The summed E-state index contributed by atoms with van der Waals surface area (Å²) < 4.78 is 0.856. The van der Waals surface area contributed by atoms with E-state index in [9.17, 15) is 4.79 Å². The van der Waals surface area contributed by atoms with Crippen molar-refractivity contribution in [1.29, 1.82) is 0 Å². The number of benzene rings is 1. The average molecular weight is 370 g/mol. The van der Waals surface area contributed by atoms with Crippen LogP contribution in [0.15, 0.2) is 22.7 Å². The van der Waals surface area contributed by atoms with E-state index in [4.69, 9.17) is 17.3 Å². The van der Waals surface area contributed by atoms with E-state index >= 15 is 0 Å². The number of amides is 1. The molecule has 1 aromatic carbocycles. The van der Waals surface area contributed by atoms with Gasteiger partial charge in [0.2, 0.25) is 0 Å². The fraction of sp³-hybridized carbons (Fsp3) is 0.462. The molecule has 0 bridgehead atoms. The van der Waals surface area contributed by atoms with Gasteiger partial charge in [0, 0.05) is 18.1 Å². The minimum absolute atomic E-state index is 0. The normalized spacial score (nSPS) is 10.8. The summed E-state index contributed by atoms with van der Waals surface area (Å²) in [5.74, 6) is -0.0889. The van der Waals surface area contributed by atoms with Crippen molar-refractivity contribution in [1.82, 2.24) is 4.90 Å². The first kappa shape index (κ1) is 18.7. The second-order valence-electron chi connectivity index (χ2n) is 5.15. The smallest absolute Gasteiger partial charge is 0.255 e. The number of rotatable bonds is 4. The molecule has 0 saturated heterocycles. The van der Waals surface area contributed by atoms with Crippen molar-refractivity contribution in [3.8, 4) is 0 Å². The van der Waals surface area contributed by atoms with Crippen LogP contribution in [0.4, 0.5) is 0 Å². The Morgan fingerprint density at radius 3 is 2.53 bits per heavy atom. The Hall–Kier alpha value is -0.290. The lowest BCUT2D eigenvalue weighted by Crippen LogP contribution is -2.39. The largest absolute Gasteiger partial charge is 0.341 e. The molecule has 6 heteroatoms. The Morgan fingerprint density at radius 1 is 1.47 bits per heavy atom. The van der Waals surface area contributed by atoms with Crippen molar-refractivity contribution in [2.75, 3.05) is 20.1 Å². The molecule has 0 aromatic heterocycles. The topological polar surface area (TPSA) is 46.3 Å². The van der Waals surface area contributed by atoms with Gasteiger partial charge in [0.05, 0.1) is 10.6 Å².